The van der Waals surface area contributed by atoms with Crippen LogP contribution >= 0.6 is 0 Å². The monoisotopic (exact) mass is 285 g/mol. The molecule has 21 heavy (non-hydrogen) atoms. The van der Waals surface area contributed by atoms with Gasteiger partial charge in [0.05, 0.1) is 6.54 Å². The van der Waals surface area contributed by atoms with Crippen LogP contribution in [0.4, 0.5) is 0 Å². The van der Waals surface area contributed by atoms with Gasteiger partial charge in [-0.1, -0.05) is 24.3 Å². The number of hydrogen-bond acceptors (Lipinski definition) is 2. The molecule has 0 radical (unpaired) electrons. The van der Waals surface area contributed by atoms with Gasteiger partial charge < -0.3 is 10.2 Å². The molecule has 0 aliphatic carbocycles. The smallest absolute Gasteiger partial charge is 0.193 e. The van der Waals surface area contributed by atoms with Crippen LogP contribution in [0.1, 0.15) is 11.1 Å². The maximum atomic E-state index is 4.33. The second-order valence-electron chi connectivity index (χ2n) is 5.03. The van der Waals surface area contributed by atoms with Crippen LogP contribution in [0, 0.1) is 6.92 Å². The maximum Gasteiger partial charge on any atom is 0.193 e. The minimum atomic E-state index is 0.798. The summed E-state index contributed by atoms with van der Waals surface area (Å²) in [5.74, 6) is 0.894. The minimum absolute atomic E-state index is 0.798. The molecule has 1 aromatic heterocycles. The third-order valence-corrected chi connectivity index (χ3v) is 3.43. The summed E-state index contributed by atoms with van der Waals surface area (Å²) in [6.45, 7) is 4.60. The van der Waals surface area contributed by atoms with E-state index >= 15 is 0 Å². The number of aryl methyl sites for hydroxylation is 1. The fourth-order valence-corrected chi connectivity index (χ4v) is 2.22. The van der Waals surface area contributed by atoms with Crippen molar-refractivity contribution in [2.24, 2.45) is 4.99 Å². The molecule has 112 valence electrons. The van der Waals surface area contributed by atoms with Crippen LogP contribution in [0.2, 0.25) is 0 Å². The van der Waals surface area contributed by atoms with Gasteiger partial charge in [0.2, 0.25) is 0 Å². The zero-order valence-corrected chi connectivity index (χ0v) is 13.0. The highest BCUT2D eigenvalue weighted by Gasteiger charge is 2.07. The van der Waals surface area contributed by atoms with E-state index in [1.165, 1.54) is 11.1 Å². The van der Waals surface area contributed by atoms with E-state index in [0.717, 1.165) is 25.6 Å². The fourth-order valence-electron chi connectivity index (χ4n) is 2.22. The summed E-state index contributed by atoms with van der Waals surface area (Å²) >= 11 is 0. The topological polar surface area (TPSA) is 45.5 Å². The second kappa shape index (κ2) is 7.47. The fraction of sp³-hybridized carbons (Fsp3) is 0.375. The van der Waals surface area contributed by atoms with Gasteiger partial charge in [-0.3, -0.25) is 9.67 Å². The lowest BCUT2D eigenvalue weighted by atomic mass is 10.1. The molecule has 0 fully saturated rings. The first kappa shape index (κ1) is 15.1. The molecule has 0 saturated carbocycles. The van der Waals surface area contributed by atoms with Gasteiger partial charge in [0.25, 0.3) is 0 Å². The van der Waals surface area contributed by atoms with Crippen molar-refractivity contribution in [3.8, 4) is 0 Å². The van der Waals surface area contributed by atoms with Gasteiger partial charge in [-0.05, 0) is 24.1 Å². The summed E-state index contributed by atoms with van der Waals surface area (Å²) in [7, 11) is 3.86. The summed E-state index contributed by atoms with van der Waals surface area (Å²) in [6.07, 6.45) is 3.75. The Morgan fingerprint density at radius 2 is 2.14 bits per heavy atom. The molecule has 1 N–H and O–H groups in total. The van der Waals surface area contributed by atoms with Crippen LogP contribution in [-0.2, 0) is 13.1 Å². The Morgan fingerprint density at radius 3 is 2.81 bits per heavy atom. The molecule has 0 unspecified atom stereocenters. The number of guanidine groups is 1. The second-order valence-corrected chi connectivity index (χ2v) is 5.03. The third kappa shape index (κ3) is 4.34. The van der Waals surface area contributed by atoms with Crippen molar-refractivity contribution >= 4 is 5.96 Å². The lowest BCUT2D eigenvalue weighted by Gasteiger charge is -2.23. The molecule has 0 aliphatic rings. The number of rotatable bonds is 5. The van der Waals surface area contributed by atoms with E-state index in [9.17, 15) is 0 Å². The molecular weight excluding hydrogens is 262 g/mol. The quantitative estimate of drug-likeness (QED) is 0.674. The minimum Gasteiger partial charge on any atom is -0.354 e. The van der Waals surface area contributed by atoms with Crippen LogP contribution in [0.25, 0.3) is 0 Å². The highest BCUT2D eigenvalue weighted by atomic mass is 15.3. The van der Waals surface area contributed by atoms with Crippen LogP contribution in [0.15, 0.2) is 47.7 Å². The number of aromatic nitrogens is 2. The summed E-state index contributed by atoms with van der Waals surface area (Å²) < 4.78 is 1.90. The molecular formula is C16H23N5. The first-order chi connectivity index (χ1) is 10.2. The summed E-state index contributed by atoms with van der Waals surface area (Å²) in [5.41, 5.74) is 2.62. The van der Waals surface area contributed by atoms with Crippen LogP contribution in [0.5, 0.6) is 0 Å². The normalized spacial score (nSPS) is 11.5. The Balaban J connectivity index is 1.87. The van der Waals surface area contributed by atoms with E-state index in [1.54, 1.807) is 6.20 Å². The molecule has 0 bridgehead atoms. The Kier molecular flexibility index (Phi) is 5.37. The van der Waals surface area contributed by atoms with E-state index in [4.69, 9.17) is 0 Å². The number of benzene rings is 1. The van der Waals surface area contributed by atoms with Crippen molar-refractivity contribution in [1.82, 2.24) is 20.0 Å². The van der Waals surface area contributed by atoms with Crippen molar-refractivity contribution in [3.63, 3.8) is 0 Å². The van der Waals surface area contributed by atoms with E-state index in [0.29, 0.717) is 0 Å². The Bertz CT molecular complexity index is 574. The molecule has 0 saturated heterocycles. The number of hydrogen-bond donors (Lipinski definition) is 1. The number of nitrogens with zero attached hydrogens (tertiary/aromatic N) is 4. The highest BCUT2D eigenvalue weighted by Crippen LogP contribution is 2.09. The zero-order chi connectivity index (χ0) is 15.1. The van der Waals surface area contributed by atoms with Gasteiger partial charge in [0.1, 0.15) is 0 Å². The van der Waals surface area contributed by atoms with Gasteiger partial charge in [-0.15, -0.1) is 0 Å². The van der Waals surface area contributed by atoms with E-state index in [1.807, 2.05) is 24.0 Å². The van der Waals surface area contributed by atoms with Gasteiger partial charge in [0, 0.05) is 39.6 Å². The molecule has 2 aromatic rings. The van der Waals surface area contributed by atoms with Crippen LogP contribution in [-0.4, -0.2) is 41.3 Å². The summed E-state index contributed by atoms with van der Waals surface area (Å²) in [4.78, 5) is 6.46. The van der Waals surface area contributed by atoms with E-state index in [-0.39, 0.29) is 0 Å². The molecule has 0 amide bonds. The van der Waals surface area contributed by atoms with Crippen LogP contribution < -0.4 is 5.32 Å². The molecule has 1 aromatic carbocycles. The Hall–Kier alpha value is -2.30. The summed E-state index contributed by atoms with van der Waals surface area (Å²) in [6, 6.07) is 10.4. The SMILES string of the molecule is CN=C(NCCn1cccn1)N(C)Cc1ccccc1C. The standard InChI is InChI=1S/C16H23N5/c1-14-7-4-5-8-15(14)13-20(3)16(17-2)18-10-12-21-11-6-9-19-21/h4-9,11H,10,12-13H2,1-3H3,(H,17,18). The highest BCUT2D eigenvalue weighted by molar-refractivity contribution is 5.79. The molecule has 0 atom stereocenters. The van der Waals surface area contributed by atoms with E-state index < -0.39 is 0 Å². The number of nitrogens with one attached hydrogen (secondary N) is 1. The lowest BCUT2D eigenvalue weighted by molar-refractivity contribution is 0.469. The first-order valence-corrected chi connectivity index (χ1v) is 7.14. The van der Waals surface area contributed by atoms with E-state index in [2.05, 4.69) is 58.5 Å². The van der Waals surface area contributed by atoms with Crippen molar-refractivity contribution in [1.29, 1.82) is 0 Å². The molecule has 0 spiro atoms. The molecule has 1 heterocycles. The number of aliphatic imine (C=N–C) groups is 1. The largest absolute Gasteiger partial charge is 0.354 e. The Labute approximate surface area is 126 Å². The predicted octanol–water partition coefficient (Wildman–Crippen LogP) is 1.90. The molecule has 5 heteroatoms. The van der Waals surface area contributed by atoms with Crippen molar-refractivity contribution < 1.29 is 0 Å². The van der Waals surface area contributed by atoms with Gasteiger partial charge in [-0.2, -0.15) is 5.10 Å². The average Bonchev–Trinajstić information content (AvgIpc) is 2.99. The predicted molar refractivity (Wildman–Crippen MR) is 86.2 cm³/mol. The molecule has 5 nitrogen and oxygen atoms in total. The van der Waals surface area contributed by atoms with Crippen molar-refractivity contribution in [2.45, 2.75) is 20.0 Å². The maximum absolute atomic E-state index is 4.33. The summed E-state index contributed by atoms with van der Waals surface area (Å²) in [5, 5.41) is 7.55. The average molecular weight is 285 g/mol. The lowest BCUT2D eigenvalue weighted by Crippen LogP contribution is -2.40. The van der Waals surface area contributed by atoms with Crippen LogP contribution in [0.3, 0.4) is 0 Å². The van der Waals surface area contributed by atoms with Gasteiger partial charge >= 0.3 is 0 Å². The van der Waals surface area contributed by atoms with Crippen molar-refractivity contribution in [3.05, 3.63) is 53.9 Å². The molecule has 0 aliphatic heterocycles. The molecule has 2 rings (SSSR count). The third-order valence-electron chi connectivity index (χ3n) is 3.43. The Morgan fingerprint density at radius 1 is 1.33 bits per heavy atom. The van der Waals surface area contributed by atoms with Gasteiger partial charge in [-0.25, -0.2) is 0 Å². The van der Waals surface area contributed by atoms with Gasteiger partial charge in [0.15, 0.2) is 5.96 Å². The van der Waals surface area contributed by atoms with Crippen molar-refractivity contribution in [2.75, 3.05) is 20.6 Å². The first-order valence-electron chi connectivity index (χ1n) is 7.14. The zero-order valence-electron chi connectivity index (χ0n) is 13.0.